The van der Waals surface area contributed by atoms with Gasteiger partial charge < -0.3 is 14.2 Å². The average Bonchev–Trinajstić information content (AvgIpc) is 2.82. The Hall–Kier alpha value is -2.93. The van der Waals surface area contributed by atoms with Crippen LogP contribution in [-0.4, -0.2) is 37.2 Å². The lowest BCUT2D eigenvalue weighted by atomic mass is 9.59. The lowest BCUT2D eigenvalue weighted by Crippen LogP contribution is -2.59. The number of esters is 3. The number of alkyl halides is 1. The van der Waals surface area contributed by atoms with E-state index in [2.05, 4.69) is 28.1 Å². The largest absolute Gasteiger partial charge is 0.465 e. The zero-order chi connectivity index (χ0) is 26.8. The van der Waals surface area contributed by atoms with Crippen molar-refractivity contribution in [3.63, 3.8) is 0 Å². The normalized spacial score (nSPS) is 19.9. The molecule has 0 saturated heterocycles. The fraction of sp³-hybridized carbons (Fsp3) is 0.414. The highest BCUT2D eigenvalue weighted by Gasteiger charge is 2.55. The van der Waals surface area contributed by atoms with E-state index in [0.29, 0.717) is 10.9 Å². The molecule has 2 aromatic carbocycles. The first-order chi connectivity index (χ1) is 16.8. The smallest absolute Gasteiger partial charge is 0.337 e. The van der Waals surface area contributed by atoms with Crippen LogP contribution in [0.4, 0.5) is 0 Å². The lowest BCUT2D eigenvalue weighted by molar-refractivity contribution is -0.179. The maximum atomic E-state index is 12.1. The van der Waals surface area contributed by atoms with Crippen LogP contribution in [-0.2, 0) is 40.0 Å². The molecule has 0 radical (unpaired) electrons. The Morgan fingerprint density at radius 1 is 0.861 bits per heavy atom. The third kappa shape index (κ3) is 5.41. The van der Waals surface area contributed by atoms with Gasteiger partial charge in [-0.3, -0.25) is 9.59 Å². The van der Waals surface area contributed by atoms with Gasteiger partial charge in [0.05, 0.1) is 12.7 Å². The maximum absolute atomic E-state index is 12.1. The molecule has 36 heavy (non-hydrogen) atoms. The third-order valence-corrected chi connectivity index (χ3v) is 7.49. The van der Waals surface area contributed by atoms with E-state index in [9.17, 15) is 14.4 Å². The summed E-state index contributed by atoms with van der Waals surface area (Å²) in [6.07, 6.45) is 2.73. The van der Waals surface area contributed by atoms with E-state index in [4.69, 9.17) is 14.2 Å². The monoisotopic (exact) mass is 556 g/mol. The quantitative estimate of drug-likeness (QED) is 0.189. The Bertz CT molecular complexity index is 1190. The van der Waals surface area contributed by atoms with Gasteiger partial charge in [0.2, 0.25) is 0 Å². The summed E-state index contributed by atoms with van der Waals surface area (Å²) >= 11 is 3.62. The number of benzene rings is 2. The summed E-state index contributed by atoms with van der Waals surface area (Å²) < 4.78 is 16.3. The van der Waals surface area contributed by atoms with Crippen LogP contribution in [0.15, 0.2) is 36.4 Å². The highest BCUT2D eigenvalue weighted by molar-refractivity contribution is 9.08. The van der Waals surface area contributed by atoms with Crippen molar-refractivity contribution in [2.75, 3.05) is 7.11 Å². The molecule has 6 nitrogen and oxygen atoms in total. The summed E-state index contributed by atoms with van der Waals surface area (Å²) in [6.45, 7) is 10.8. The second-order valence-electron chi connectivity index (χ2n) is 10.2. The summed E-state index contributed by atoms with van der Waals surface area (Å²) in [5.74, 6) is -1.21. The molecule has 0 aliphatic heterocycles. The van der Waals surface area contributed by atoms with E-state index in [1.54, 1.807) is 12.1 Å². The molecule has 0 unspecified atom stereocenters. The van der Waals surface area contributed by atoms with E-state index in [1.165, 1.54) is 21.0 Å². The molecular weight excluding hydrogens is 524 g/mol. The van der Waals surface area contributed by atoms with Crippen LogP contribution in [0.1, 0.15) is 79.7 Å². The van der Waals surface area contributed by atoms with Crippen molar-refractivity contribution in [3.8, 4) is 0 Å². The molecule has 7 heteroatoms. The van der Waals surface area contributed by atoms with Crippen LogP contribution < -0.4 is 0 Å². The highest BCUT2D eigenvalue weighted by Crippen LogP contribution is 2.49. The number of rotatable bonds is 6. The number of carbonyl (C=O) groups is 3. The number of methoxy groups -OCH3 is 1. The zero-order valence-corrected chi connectivity index (χ0v) is 23.4. The Morgan fingerprint density at radius 2 is 1.36 bits per heavy atom. The molecule has 0 saturated carbocycles. The van der Waals surface area contributed by atoms with Gasteiger partial charge in [-0.25, -0.2) is 4.79 Å². The molecule has 0 fully saturated rings. The van der Waals surface area contributed by atoms with Crippen LogP contribution in [0.3, 0.4) is 0 Å². The van der Waals surface area contributed by atoms with Crippen LogP contribution >= 0.6 is 15.9 Å². The number of carbonyl (C=O) groups excluding carboxylic acids is 3. The van der Waals surface area contributed by atoms with Crippen molar-refractivity contribution >= 4 is 46.0 Å². The Kier molecular flexibility index (Phi) is 8.13. The number of hydrogen-bond donors (Lipinski definition) is 0. The molecule has 2 atom stereocenters. The second-order valence-corrected chi connectivity index (χ2v) is 10.7. The number of halogens is 1. The van der Waals surface area contributed by atoms with Crippen molar-refractivity contribution in [1.82, 2.24) is 0 Å². The van der Waals surface area contributed by atoms with E-state index in [1.807, 2.05) is 52.0 Å². The summed E-state index contributed by atoms with van der Waals surface area (Å²) in [4.78, 5) is 35.8. The van der Waals surface area contributed by atoms with Gasteiger partial charge in [0.15, 0.2) is 0 Å². The molecule has 3 rings (SSSR count). The fourth-order valence-corrected chi connectivity index (χ4v) is 5.36. The molecule has 0 amide bonds. The van der Waals surface area contributed by atoms with Gasteiger partial charge in [0, 0.05) is 30.0 Å². The molecule has 1 aliphatic rings. The zero-order valence-electron chi connectivity index (χ0n) is 21.8. The second kappa shape index (κ2) is 10.6. The van der Waals surface area contributed by atoms with Gasteiger partial charge in [-0.05, 0) is 39.9 Å². The number of hydrogen-bond acceptors (Lipinski definition) is 6. The van der Waals surface area contributed by atoms with Crippen LogP contribution in [0, 0.1) is 0 Å². The van der Waals surface area contributed by atoms with Gasteiger partial charge in [-0.15, -0.1) is 0 Å². The van der Waals surface area contributed by atoms with Crippen LogP contribution in [0.25, 0.3) is 12.2 Å². The summed E-state index contributed by atoms with van der Waals surface area (Å²) in [5.41, 5.74) is 4.39. The number of ether oxygens (including phenoxy) is 3. The van der Waals surface area contributed by atoms with Crippen molar-refractivity contribution in [3.05, 3.63) is 69.8 Å². The van der Waals surface area contributed by atoms with E-state index in [0.717, 1.165) is 27.8 Å². The first-order valence-electron chi connectivity index (χ1n) is 11.8. The van der Waals surface area contributed by atoms with Crippen LogP contribution in [0.5, 0.6) is 0 Å². The first kappa shape index (κ1) is 27.7. The molecule has 2 aromatic rings. The van der Waals surface area contributed by atoms with E-state index in [-0.39, 0.29) is 5.97 Å². The van der Waals surface area contributed by atoms with E-state index < -0.39 is 35.0 Å². The Labute approximate surface area is 221 Å². The minimum absolute atomic E-state index is 0.374. The summed E-state index contributed by atoms with van der Waals surface area (Å²) in [7, 11) is 1.36. The van der Waals surface area contributed by atoms with Crippen molar-refractivity contribution in [1.29, 1.82) is 0 Å². The van der Waals surface area contributed by atoms with Gasteiger partial charge in [0.1, 0.15) is 12.2 Å². The van der Waals surface area contributed by atoms with Crippen molar-refractivity contribution < 1.29 is 28.6 Å². The molecule has 0 heterocycles. The number of fused-ring (bicyclic) bond motifs is 1. The third-order valence-electron chi connectivity index (χ3n) is 6.88. The SMILES string of the molecule is COC(=O)c1ccc(/C=C/c2cc3c(cc2CBr)C(C)(C)[C@H](OC(C)=O)[C@H](OC(C)=O)C3(C)C)cc1. The Morgan fingerprint density at radius 3 is 1.81 bits per heavy atom. The molecular formula is C29H33BrO6. The predicted octanol–water partition coefficient (Wildman–Crippen LogP) is 5.97. The topological polar surface area (TPSA) is 78.9 Å². The summed E-state index contributed by atoms with van der Waals surface area (Å²) in [6, 6.07) is 11.5. The lowest BCUT2D eigenvalue weighted by Gasteiger charge is -2.51. The van der Waals surface area contributed by atoms with Crippen molar-refractivity contribution in [2.45, 2.75) is 69.9 Å². The van der Waals surface area contributed by atoms with Gasteiger partial charge in [-0.2, -0.15) is 0 Å². The van der Waals surface area contributed by atoms with Gasteiger partial charge in [-0.1, -0.05) is 80.0 Å². The van der Waals surface area contributed by atoms with Gasteiger partial charge in [0.25, 0.3) is 0 Å². The summed E-state index contributed by atoms with van der Waals surface area (Å²) in [5, 5.41) is 0.628. The predicted molar refractivity (Wildman–Crippen MR) is 143 cm³/mol. The Balaban J connectivity index is 2.11. The first-order valence-corrected chi connectivity index (χ1v) is 12.9. The minimum atomic E-state index is -0.654. The standard InChI is InChI=1S/C29H33BrO6/c1-17(31)35-25-26(36-18(2)32)29(5,6)24-15-22(16-30)21(14-23(24)28(25,3)4)13-10-19-8-11-20(12-9-19)27(33)34-7/h8-15,25-26H,16H2,1-7H3/b13-10+/t25-,26+/m0/s1. The molecule has 0 bridgehead atoms. The highest BCUT2D eigenvalue weighted by atomic mass is 79.9. The molecule has 192 valence electrons. The maximum Gasteiger partial charge on any atom is 0.337 e. The molecule has 1 aliphatic carbocycles. The van der Waals surface area contributed by atoms with E-state index >= 15 is 0 Å². The fourth-order valence-electron chi connectivity index (χ4n) is 4.87. The van der Waals surface area contributed by atoms with Crippen LogP contribution in [0.2, 0.25) is 0 Å². The van der Waals surface area contributed by atoms with Crippen molar-refractivity contribution in [2.24, 2.45) is 0 Å². The van der Waals surface area contributed by atoms with Gasteiger partial charge >= 0.3 is 17.9 Å². The average molecular weight is 557 g/mol. The molecule has 0 aromatic heterocycles. The minimum Gasteiger partial charge on any atom is -0.465 e. The molecule has 0 spiro atoms. The molecule has 0 N–H and O–H groups in total.